The van der Waals surface area contributed by atoms with E-state index in [1.807, 2.05) is 23.1 Å². The van der Waals surface area contributed by atoms with Crippen LogP contribution in [-0.4, -0.2) is 47.7 Å². The van der Waals surface area contributed by atoms with Gasteiger partial charge in [-0.25, -0.2) is 27.2 Å². The number of hydrogen-bond donors (Lipinski definition) is 2. The van der Waals surface area contributed by atoms with E-state index in [-0.39, 0.29) is 5.69 Å². The minimum Gasteiger partial charge on any atom is -0.391 e. The van der Waals surface area contributed by atoms with Crippen LogP contribution in [0.3, 0.4) is 0 Å². The van der Waals surface area contributed by atoms with Crippen LogP contribution in [0.15, 0.2) is 66.1 Å². The Bertz CT molecular complexity index is 1500. The molecule has 0 spiro atoms. The molecule has 2 aromatic carbocycles. The van der Waals surface area contributed by atoms with Crippen molar-refractivity contribution in [1.29, 1.82) is 0 Å². The van der Waals surface area contributed by atoms with Crippen LogP contribution < -0.4 is 9.62 Å². The van der Waals surface area contributed by atoms with Crippen molar-refractivity contribution in [2.24, 2.45) is 0 Å². The van der Waals surface area contributed by atoms with Gasteiger partial charge in [0.15, 0.2) is 0 Å². The minimum atomic E-state index is -4.30. The quantitative estimate of drug-likeness (QED) is 0.448. The first kappa shape index (κ1) is 22.1. The van der Waals surface area contributed by atoms with Crippen molar-refractivity contribution < 1.29 is 22.3 Å². The second-order valence-corrected chi connectivity index (χ2v) is 9.61. The summed E-state index contributed by atoms with van der Waals surface area (Å²) in [6.07, 6.45) is 4.59. The number of aliphatic hydroxyl groups excluding tert-OH is 1. The van der Waals surface area contributed by atoms with E-state index in [9.17, 15) is 22.3 Å². The number of nitrogens with one attached hydrogen (secondary N) is 1. The van der Waals surface area contributed by atoms with Gasteiger partial charge in [0, 0.05) is 36.3 Å². The van der Waals surface area contributed by atoms with Crippen LogP contribution in [0.2, 0.25) is 0 Å². The monoisotopic (exact) mass is 483 g/mol. The Balaban J connectivity index is 1.49. The summed E-state index contributed by atoms with van der Waals surface area (Å²) in [5.74, 6) is -1.35. The number of β-amino-alcohol motifs (C(OH)–C–C–N with tert-alkyl or cyclic N) is 1. The second-order valence-electron chi connectivity index (χ2n) is 7.96. The number of nitrogens with zero attached hydrogens (tertiary/aromatic N) is 4. The Hall–Kier alpha value is -3.70. The summed E-state index contributed by atoms with van der Waals surface area (Å²) in [6.45, 7) is 1.16. The van der Waals surface area contributed by atoms with Crippen molar-refractivity contribution in [2.45, 2.75) is 17.4 Å². The largest absolute Gasteiger partial charge is 0.391 e. The van der Waals surface area contributed by atoms with Crippen molar-refractivity contribution in [1.82, 2.24) is 15.0 Å². The average molecular weight is 484 g/mol. The first-order valence-corrected chi connectivity index (χ1v) is 11.9. The van der Waals surface area contributed by atoms with E-state index in [1.54, 1.807) is 12.3 Å². The van der Waals surface area contributed by atoms with Gasteiger partial charge in [-0.2, -0.15) is 0 Å². The van der Waals surface area contributed by atoms with Crippen molar-refractivity contribution in [2.75, 3.05) is 22.7 Å². The van der Waals surface area contributed by atoms with E-state index >= 15 is 0 Å². The zero-order valence-corrected chi connectivity index (χ0v) is 18.5. The lowest BCUT2D eigenvalue weighted by Gasteiger charge is -2.18. The fraction of sp³-hybridized carbons (Fsp3) is 0.174. The molecule has 1 aliphatic rings. The minimum absolute atomic E-state index is 0.119. The molecule has 0 radical (unpaired) electrons. The third-order valence-corrected chi connectivity index (χ3v) is 7.00. The highest BCUT2D eigenvalue weighted by molar-refractivity contribution is 7.92. The molecular formula is C23H19F2N5O3S. The maximum Gasteiger partial charge on any atom is 0.264 e. The molecule has 1 atom stereocenters. The molecule has 4 aromatic rings. The van der Waals surface area contributed by atoms with Gasteiger partial charge < -0.3 is 10.0 Å². The highest BCUT2D eigenvalue weighted by Gasteiger charge is 2.23. The van der Waals surface area contributed by atoms with Gasteiger partial charge in [-0.05, 0) is 42.3 Å². The number of fused-ring (bicyclic) bond motifs is 1. The van der Waals surface area contributed by atoms with Crippen LogP contribution in [0.5, 0.6) is 0 Å². The molecule has 0 unspecified atom stereocenters. The van der Waals surface area contributed by atoms with Crippen LogP contribution in [0, 0.1) is 11.6 Å². The Labute approximate surface area is 194 Å². The van der Waals surface area contributed by atoms with Gasteiger partial charge in [-0.3, -0.25) is 9.71 Å². The topological polar surface area (TPSA) is 108 Å². The van der Waals surface area contributed by atoms with Gasteiger partial charge in [0.1, 0.15) is 28.7 Å². The van der Waals surface area contributed by atoms with Crippen LogP contribution in [0.1, 0.15) is 6.42 Å². The summed E-state index contributed by atoms with van der Waals surface area (Å²) in [5.41, 5.74) is 2.20. The molecule has 1 saturated heterocycles. The number of aliphatic hydroxyl groups is 1. The van der Waals surface area contributed by atoms with E-state index in [0.717, 1.165) is 28.6 Å². The molecule has 2 N–H and O–H groups in total. The molecule has 34 heavy (non-hydrogen) atoms. The number of benzene rings is 2. The van der Waals surface area contributed by atoms with E-state index in [4.69, 9.17) is 0 Å². The highest BCUT2D eigenvalue weighted by Crippen LogP contribution is 2.31. The Morgan fingerprint density at radius 1 is 1.03 bits per heavy atom. The van der Waals surface area contributed by atoms with Crippen molar-refractivity contribution >= 4 is 32.4 Å². The number of pyridine rings is 1. The molecule has 0 amide bonds. The van der Waals surface area contributed by atoms with Crippen LogP contribution >= 0.6 is 0 Å². The zero-order valence-electron chi connectivity index (χ0n) is 17.7. The van der Waals surface area contributed by atoms with Gasteiger partial charge >= 0.3 is 0 Å². The summed E-state index contributed by atoms with van der Waals surface area (Å²) < 4.78 is 54.7. The summed E-state index contributed by atoms with van der Waals surface area (Å²) in [4.78, 5) is 14.2. The third-order valence-electron chi connectivity index (χ3n) is 5.58. The molecule has 1 aliphatic heterocycles. The summed E-state index contributed by atoms with van der Waals surface area (Å²) in [7, 11) is -4.30. The van der Waals surface area contributed by atoms with Gasteiger partial charge in [-0.1, -0.05) is 6.07 Å². The maximum absolute atomic E-state index is 14.0. The number of anilines is 2. The predicted molar refractivity (Wildman–Crippen MR) is 123 cm³/mol. The van der Waals surface area contributed by atoms with Gasteiger partial charge in [-0.15, -0.1) is 0 Å². The van der Waals surface area contributed by atoms with E-state index < -0.39 is 32.7 Å². The molecule has 0 aliphatic carbocycles. The maximum atomic E-state index is 14.0. The standard InChI is InChI=1S/C23H19F2N5O3S/c24-16-2-4-22(20(25)9-16)34(32,33)29-17-7-15(10-26-11-17)14-1-3-21-19(8-14)23(28-13-27-21)30-6-5-18(31)12-30/h1-4,7-11,13,18,29,31H,5-6,12H2/t18-/m0/s1. The zero-order chi connectivity index (χ0) is 23.9. The Morgan fingerprint density at radius 3 is 2.65 bits per heavy atom. The molecule has 174 valence electrons. The summed E-state index contributed by atoms with van der Waals surface area (Å²) in [5, 5.41) is 10.7. The molecule has 3 heterocycles. The van der Waals surface area contributed by atoms with Crippen molar-refractivity contribution in [3.05, 3.63) is 72.8 Å². The Morgan fingerprint density at radius 2 is 1.88 bits per heavy atom. The smallest absolute Gasteiger partial charge is 0.264 e. The van der Waals surface area contributed by atoms with Crippen LogP contribution in [0.4, 0.5) is 20.3 Å². The third kappa shape index (κ3) is 4.27. The molecule has 0 saturated carbocycles. The number of halogens is 2. The fourth-order valence-corrected chi connectivity index (χ4v) is 5.06. The van der Waals surface area contributed by atoms with Gasteiger partial charge in [0.25, 0.3) is 10.0 Å². The lowest BCUT2D eigenvalue weighted by molar-refractivity contribution is 0.198. The molecule has 2 aromatic heterocycles. The van der Waals surface area contributed by atoms with E-state index in [2.05, 4.69) is 19.7 Å². The number of sulfonamides is 1. The number of aromatic nitrogens is 3. The molecule has 1 fully saturated rings. The SMILES string of the molecule is O=S(=O)(Nc1cncc(-c2ccc3ncnc(N4CC[C@H](O)C4)c3c2)c1)c1ccc(F)cc1F. The Kier molecular flexibility index (Phi) is 5.58. The van der Waals surface area contributed by atoms with Crippen molar-refractivity contribution in [3.63, 3.8) is 0 Å². The summed E-state index contributed by atoms with van der Waals surface area (Å²) >= 11 is 0. The van der Waals surface area contributed by atoms with E-state index in [0.29, 0.717) is 37.0 Å². The number of hydrogen-bond acceptors (Lipinski definition) is 7. The first-order chi connectivity index (χ1) is 16.3. The molecule has 0 bridgehead atoms. The van der Waals surface area contributed by atoms with Crippen LogP contribution in [0.25, 0.3) is 22.0 Å². The highest BCUT2D eigenvalue weighted by atomic mass is 32.2. The first-order valence-electron chi connectivity index (χ1n) is 10.4. The lowest BCUT2D eigenvalue weighted by Crippen LogP contribution is -2.22. The normalized spacial score (nSPS) is 16.2. The predicted octanol–water partition coefficient (Wildman–Crippen LogP) is 3.34. The molecule has 8 nitrogen and oxygen atoms in total. The van der Waals surface area contributed by atoms with Gasteiger partial charge in [0.05, 0.1) is 23.5 Å². The number of rotatable bonds is 5. The van der Waals surface area contributed by atoms with Crippen LogP contribution in [-0.2, 0) is 10.0 Å². The fourth-order valence-electron chi connectivity index (χ4n) is 3.97. The average Bonchev–Trinajstić information content (AvgIpc) is 3.24. The summed E-state index contributed by atoms with van der Waals surface area (Å²) in [6, 6.07) is 9.35. The molecule has 11 heteroatoms. The second kappa shape index (κ2) is 8.58. The lowest BCUT2D eigenvalue weighted by atomic mass is 10.0. The van der Waals surface area contributed by atoms with E-state index in [1.165, 1.54) is 12.5 Å². The van der Waals surface area contributed by atoms with Crippen molar-refractivity contribution in [3.8, 4) is 11.1 Å². The molecule has 5 rings (SSSR count). The van der Waals surface area contributed by atoms with Gasteiger partial charge in [0.2, 0.25) is 0 Å². The molecular weight excluding hydrogens is 464 g/mol.